The number of fused-ring (bicyclic) bond motifs is 2. The standard InChI is InChI=1S/C22H23ClN6OS/c1-29(2)12-27-20-14(11-24)17-16(31-20)6-4-9-22(17)8-3-5-13(19(22)30)18(25)15-7-10-26-21(23)28-15/h7,10,12H,3-6,8-9,25H2,1-2H3/t22-/m0/s1. The van der Waals surface area contributed by atoms with Gasteiger partial charge >= 0.3 is 0 Å². The van der Waals surface area contributed by atoms with Crippen LogP contribution in [0.15, 0.2) is 22.8 Å². The Kier molecular flexibility index (Phi) is 5.82. The lowest BCUT2D eigenvalue weighted by atomic mass is 9.61. The van der Waals surface area contributed by atoms with Gasteiger partial charge in [0.25, 0.3) is 0 Å². The Morgan fingerprint density at radius 2 is 2.13 bits per heavy atom. The van der Waals surface area contributed by atoms with Gasteiger partial charge in [-0.05, 0) is 56.2 Å². The molecular weight excluding hydrogens is 432 g/mol. The third-order valence-electron chi connectivity index (χ3n) is 5.93. The molecule has 2 N–H and O–H groups in total. The molecule has 1 spiro atoms. The van der Waals surface area contributed by atoms with Crippen molar-refractivity contribution in [1.82, 2.24) is 14.9 Å². The molecular formula is C22H23ClN6OS. The number of thiophene rings is 1. The van der Waals surface area contributed by atoms with Crippen molar-refractivity contribution < 1.29 is 4.79 Å². The summed E-state index contributed by atoms with van der Waals surface area (Å²) in [6, 6.07) is 4.00. The van der Waals surface area contributed by atoms with Gasteiger partial charge in [0, 0.05) is 36.3 Å². The van der Waals surface area contributed by atoms with E-state index in [9.17, 15) is 10.1 Å². The molecule has 1 fully saturated rings. The average Bonchev–Trinajstić information content (AvgIpc) is 3.12. The fourth-order valence-corrected chi connectivity index (χ4v) is 6.02. The van der Waals surface area contributed by atoms with Gasteiger partial charge in [-0.15, -0.1) is 11.3 Å². The summed E-state index contributed by atoms with van der Waals surface area (Å²) in [4.78, 5) is 29.5. The summed E-state index contributed by atoms with van der Waals surface area (Å²) >= 11 is 7.45. The van der Waals surface area contributed by atoms with E-state index in [2.05, 4.69) is 21.0 Å². The lowest BCUT2D eigenvalue weighted by Crippen LogP contribution is -2.43. The summed E-state index contributed by atoms with van der Waals surface area (Å²) in [5, 5.41) is 10.8. The molecule has 7 nitrogen and oxygen atoms in total. The Hall–Kier alpha value is -2.76. The van der Waals surface area contributed by atoms with Crippen molar-refractivity contribution in [3.63, 3.8) is 0 Å². The van der Waals surface area contributed by atoms with Crippen molar-refractivity contribution in [3.8, 4) is 6.07 Å². The second-order valence-electron chi connectivity index (χ2n) is 8.12. The molecule has 2 aromatic rings. The van der Waals surface area contributed by atoms with Crippen LogP contribution in [0, 0.1) is 11.3 Å². The number of carbonyl (C=O) groups excluding carboxylic acids is 1. The number of ketones is 1. The molecule has 1 saturated carbocycles. The van der Waals surface area contributed by atoms with Gasteiger partial charge in [0.05, 0.1) is 28.7 Å². The minimum Gasteiger partial charge on any atom is -0.397 e. The largest absolute Gasteiger partial charge is 0.397 e. The Labute approximate surface area is 190 Å². The maximum Gasteiger partial charge on any atom is 0.222 e. The van der Waals surface area contributed by atoms with Crippen LogP contribution in [0.3, 0.4) is 0 Å². The Morgan fingerprint density at radius 3 is 2.81 bits per heavy atom. The molecule has 9 heteroatoms. The highest BCUT2D eigenvalue weighted by molar-refractivity contribution is 7.16. The molecule has 2 heterocycles. The normalized spacial score (nSPS) is 22.5. The van der Waals surface area contributed by atoms with Crippen molar-refractivity contribution >= 4 is 45.8 Å². The first-order chi connectivity index (χ1) is 14.9. The smallest absolute Gasteiger partial charge is 0.222 e. The van der Waals surface area contributed by atoms with Crippen molar-refractivity contribution in [1.29, 1.82) is 5.26 Å². The SMILES string of the molecule is CN(C)C=Nc1sc2c(c1C#N)[C@]1(CCCC(=C(N)c3ccnc(Cl)n3)C1=O)CCC2. The van der Waals surface area contributed by atoms with Gasteiger partial charge in [-0.1, -0.05) is 0 Å². The van der Waals surface area contributed by atoms with Crippen LogP contribution in [0.5, 0.6) is 0 Å². The molecule has 2 aromatic heterocycles. The number of aliphatic imine (C=N–C) groups is 1. The Balaban J connectivity index is 1.85. The molecule has 0 radical (unpaired) electrons. The minimum absolute atomic E-state index is 0.00405. The number of nitriles is 1. The first-order valence-electron chi connectivity index (χ1n) is 10.2. The second-order valence-corrected chi connectivity index (χ2v) is 9.54. The molecule has 4 rings (SSSR count). The van der Waals surface area contributed by atoms with E-state index in [0.717, 1.165) is 29.7 Å². The molecule has 0 aromatic carbocycles. The van der Waals surface area contributed by atoms with Gasteiger partial charge in [-0.25, -0.2) is 15.0 Å². The second kappa shape index (κ2) is 8.40. The van der Waals surface area contributed by atoms with Gasteiger partial charge in [-0.3, -0.25) is 4.79 Å². The quantitative estimate of drug-likeness (QED) is 0.325. The summed E-state index contributed by atoms with van der Waals surface area (Å²) < 4.78 is 0. The zero-order valence-electron chi connectivity index (χ0n) is 17.5. The number of halogens is 1. The monoisotopic (exact) mass is 454 g/mol. The minimum atomic E-state index is -0.726. The highest BCUT2D eigenvalue weighted by atomic mass is 35.5. The lowest BCUT2D eigenvalue weighted by molar-refractivity contribution is -0.122. The van der Waals surface area contributed by atoms with Crippen LogP contribution in [0.4, 0.5) is 5.00 Å². The van der Waals surface area contributed by atoms with Gasteiger partial charge < -0.3 is 10.6 Å². The van der Waals surface area contributed by atoms with Crippen LogP contribution >= 0.6 is 22.9 Å². The highest BCUT2D eigenvalue weighted by Gasteiger charge is 2.49. The van der Waals surface area contributed by atoms with E-state index in [4.69, 9.17) is 17.3 Å². The molecule has 2 aliphatic rings. The van der Waals surface area contributed by atoms with Crippen LogP contribution in [0.2, 0.25) is 5.28 Å². The lowest BCUT2D eigenvalue weighted by Gasteiger charge is -2.40. The van der Waals surface area contributed by atoms with Gasteiger partial charge in [-0.2, -0.15) is 5.26 Å². The van der Waals surface area contributed by atoms with Crippen LogP contribution in [0.1, 0.15) is 53.8 Å². The van der Waals surface area contributed by atoms with Crippen LogP contribution in [-0.2, 0) is 16.6 Å². The number of rotatable bonds is 3. The number of hydrogen-bond acceptors (Lipinski definition) is 7. The zero-order chi connectivity index (χ0) is 22.2. The van der Waals surface area contributed by atoms with Crippen molar-refractivity contribution in [2.75, 3.05) is 14.1 Å². The van der Waals surface area contributed by atoms with E-state index >= 15 is 0 Å². The fourth-order valence-electron chi connectivity index (χ4n) is 4.64. The molecule has 0 saturated heterocycles. The Bertz CT molecular complexity index is 1150. The van der Waals surface area contributed by atoms with E-state index in [1.807, 2.05) is 19.0 Å². The summed E-state index contributed by atoms with van der Waals surface area (Å²) in [6.45, 7) is 0. The molecule has 0 amide bonds. The van der Waals surface area contributed by atoms with E-state index in [1.165, 1.54) is 17.5 Å². The van der Waals surface area contributed by atoms with E-state index in [1.54, 1.807) is 12.4 Å². The fraction of sp³-hybridized carbons (Fsp3) is 0.409. The summed E-state index contributed by atoms with van der Waals surface area (Å²) in [7, 11) is 3.77. The first-order valence-corrected chi connectivity index (χ1v) is 11.4. The molecule has 0 bridgehead atoms. The van der Waals surface area contributed by atoms with Gasteiger partial charge in [0.1, 0.15) is 11.1 Å². The van der Waals surface area contributed by atoms with Crippen molar-refractivity contribution in [2.45, 2.75) is 43.9 Å². The first kappa shape index (κ1) is 21.5. The van der Waals surface area contributed by atoms with Crippen LogP contribution < -0.4 is 5.73 Å². The molecule has 160 valence electrons. The van der Waals surface area contributed by atoms with Crippen molar-refractivity contribution in [3.05, 3.63) is 44.8 Å². The molecule has 1 atom stereocenters. The topological polar surface area (TPSA) is 108 Å². The number of allylic oxidation sites excluding steroid dienone is 1. The maximum atomic E-state index is 13.9. The van der Waals surface area contributed by atoms with Gasteiger partial charge in [0.2, 0.25) is 5.28 Å². The van der Waals surface area contributed by atoms with E-state index < -0.39 is 5.41 Å². The van der Waals surface area contributed by atoms with Crippen molar-refractivity contribution in [2.24, 2.45) is 10.7 Å². The highest BCUT2D eigenvalue weighted by Crippen LogP contribution is 2.53. The third kappa shape index (κ3) is 3.73. The molecule has 0 aliphatic heterocycles. The molecule has 2 aliphatic carbocycles. The number of aryl methyl sites for hydroxylation is 1. The number of aromatic nitrogens is 2. The van der Waals surface area contributed by atoms with Crippen LogP contribution in [-0.4, -0.2) is 41.1 Å². The number of carbonyl (C=O) groups is 1. The summed E-state index contributed by atoms with van der Waals surface area (Å²) in [5.41, 5.74) is 8.46. The summed E-state index contributed by atoms with van der Waals surface area (Å²) in [6.07, 6.45) is 7.80. The van der Waals surface area contributed by atoms with Crippen LogP contribution in [0.25, 0.3) is 5.70 Å². The predicted octanol–water partition coefficient (Wildman–Crippen LogP) is 3.98. The zero-order valence-corrected chi connectivity index (χ0v) is 19.1. The number of hydrogen-bond donors (Lipinski definition) is 1. The van der Waals surface area contributed by atoms with E-state index in [-0.39, 0.29) is 11.1 Å². The predicted molar refractivity (Wildman–Crippen MR) is 122 cm³/mol. The maximum absolute atomic E-state index is 13.9. The van der Waals surface area contributed by atoms with E-state index in [0.29, 0.717) is 46.8 Å². The molecule has 0 unspecified atom stereocenters. The molecule has 31 heavy (non-hydrogen) atoms. The third-order valence-corrected chi connectivity index (χ3v) is 7.27. The Morgan fingerprint density at radius 1 is 1.39 bits per heavy atom. The number of Topliss-reactive ketones (excluding diaryl/α,β-unsaturated/α-hetero) is 1. The number of nitrogens with two attached hydrogens (primary N) is 1. The summed E-state index contributed by atoms with van der Waals surface area (Å²) in [5.74, 6) is 0.00405. The average molecular weight is 455 g/mol. The van der Waals surface area contributed by atoms with Gasteiger partial charge in [0.15, 0.2) is 5.78 Å². The number of nitrogens with zero attached hydrogens (tertiary/aromatic N) is 5.